The molecule has 2 fully saturated rings. The first-order valence-electron chi connectivity index (χ1n) is 11.0. The third kappa shape index (κ3) is 6.07. The number of rotatable bonds is 5. The van der Waals surface area contributed by atoms with Crippen LogP contribution in [0.25, 0.3) is 0 Å². The molecule has 3 N–H and O–H groups in total. The van der Waals surface area contributed by atoms with E-state index in [4.69, 9.17) is 10.5 Å². The third-order valence-electron chi connectivity index (χ3n) is 5.55. The number of ether oxygens (including phenoxy) is 1. The first kappa shape index (κ1) is 24.4. The summed E-state index contributed by atoms with van der Waals surface area (Å²) in [6.45, 7) is 7.64. The smallest absolute Gasteiger partial charge is 0.412 e. The molecule has 2 aliphatic rings. The van der Waals surface area contributed by atoms with Crippen molar-refractivity contribution >= 4 is 17.9 Å². The van der Waals surface area contributed by atoms with Gasteiger partial charge < -0.3 is 25.6 Å². The van der Waals surface area contributed by atoms with Crippen LogP contribution < -0.4 is 11.1 Å². The molecule has 0 radical (unpaired) electrons. The number of likely N-dealkylation sites (N-methyl/N-ethyl adjacent to an activating group) is 1. The quantitative estimate of drug-likeness (QED) is 0.639. The molecule has 9 heteroatoms. The zero-order valence-corrected chi connectivity index (χ0v) is 19.2. The SMILES string of the molecule is CN(C)CCN1CCCC[C@](N)(N(C(=O)OC(C)(C)C)[C@H]2CCCCNC2=O)C1=O. The monoisotopic (exact) mass is 425 g/mol. The summed E-state index contributed by atoms with van der Waals surface area (Å²) in [5.41, 5.74) is 4.36. The fourth-order valence-corrected chi connectivity index (χ4v) is 3.99. The van der Waals surface area contributed by atoms with Crippen LogP contribution in [0, 0.1) is 0 Å². The highest BCUT2D eigenvalue weighted by molar-refractivity contribution is 5.93. The Labute approximate surface area is 180 Å². The van der Waals surface area contributed by atoms with Gasteiger partial charge in [0.05, 0.1) is 0 Å². The zero-order valence-electron chi connectivity index (χ0n) is 19.2. The number of carbonyl (C=O) groups is 3. The minimum atomic E-state index is -1.61. The minimum Gasteiger partial charge on any atom is -0.444 e. The lowest BCUT2D eigenvalue weighted by molar-refractivity contribution is -0.148. The number of nitrogens with one attached hydrogen (secondary N) is 1. The highest BCUT2D eigenvalue weighted by Crippen LogP contribution is 2.30. The highest BCUT2D eigenvalue weighted by atomic mass is 16.6. The first-order valence-corrected chi connectivity index (χ1v) is 11.0. The number of hydrogen-bond acceptors (Lipinski definition) is 6. The van der Waals surface area contributed by atoms with Crippen LogP contribution in [0.15, 0.2) is 0 Å². The van der Waals surface area contributed by atoms with Crippen molar-refractivity contribution in [2.24, 2.45) is 5.73 Å². The van der Waals surface area contributed by atoms with E-state index >= 15 is 0 Å². The maximum atomic E-state index is 13.6. The molecule has 0 aromatic carbocycles. The van der Waals surface area contributed by atoms with Gasteiger partial charge in [-0.25, -0.2) is 4.79 Å². The Balaban J connectivity index is 2.43. The molecule has 0 aliphatic carbocycles. The van der Waals surface area contributed by atoms with Gasteiger partial charge >= 0.3 is 6.09 Å². The van der Waals surface area contributed by atoms with Crippen molar-refractivity contribution in [2.45, 2.75) is 76.6 Å². The molecule has 9 nitrogen and oxygen atoms in total. The van der Waals surface area contributed by atoms with Crippen LogP contribution in [0.1, 0.15) is 59.3 Å². The molecule has 2 aliphatic heterocycles. The molecule has 0 aromatic rings. The van der Waals surface area contributed by atoms with Gasteiger partial charge in [-0.15, -0.1) is 0 Å². The van der Waals surface area contributed by atoms with E-state index in [1.54, 1.807) is 25.7 Å². The molecule has 172 valence electrons. The first-order chi connectivity index (χ1) is 14.0. The Kier molecular flexibility index (Phi) is 8.10. The van der Waals surface area contributed by atoms with E-state index in [1.165, 1.54) is 4.90 Å². The van der Waals surface area contributed by atoms with Crippen LogP contribution in [0.2, 0.25) is 0 Å². The highest BCUT2D eigenvalue weighted by Gasteiger charge is 2.52. The summed E-state index contributed by atoms with van der Waals surface area (Å²) >= 11 is 0. The number of nitrogens with two attached hydrogens (primary N) is 1. The number of amides is 3. The van der Waals surface area contributed by atoms with Crippen molar-refractivity contribution in [3.05, 3.63) is 0 Å². The van der Waals surface area contributed by atoms with E-state index in [-0.39, 0.29) is 11.8 Å². The summed E-state index contributed by atoms with van der Waals surface area (Å²) < 4.78 is 5.63. The maximum absolute atomic E-state index is 13.6. The van der Waals surface area contributed by atoms with Crippen molar-refractivity contribution in [1.29, 1.82) is 0 Å². The van der Waals surface area contributed by atoms with Crippen molar-refractivity contribution in [3.63, 3.8) is 0 Å². The lowest BCUT2D eigenvalue weighted by Crippen LogP contribution is -2.71. The van der Waals surface area contributed by atoms with Gasteiger partial charge in [0.1, 0.15) is 11.6 Å². The van der Waals surface area contributed by atoms with Crippen LogP contribution in [-0.4, -0.2) is 90.2 Å². The Hall–Kier alpha value is -1.87. The maximum Gasteiger partial charge on any atom is 0.412 e. The van der Waals surface area contributed by atoms with E-state index < -0.39 is 23.4 Å². The van der Waals surface area contributed by atoms with E-state index in [0.717, 1.165) is 19.3 Å². The standard InChI is InChI=1S/C21H39N5O4/c1-20(2,3)30-19(29)26(16-10-6-8-12-23-17(16)27)21(22)11-7-9-13-25(18(21)28)15-14-24(4)5/h16H,6-15,22H2,1-5H3,(H,23,27)/t16-,21-/m0/s1. The van der Waals surface area contributed by atoms with Crippen LogP contribution in [0.5, 0.6) is 0 Å². The molecule has 2 heterocycles. The number of carbonyl (C=O) groups excluding carboxylic acids is 3. The summed E-state index contributed by atoms with van der Waals surface area (Å²) in [5.74, 6) is -0.593. The molecule has 0 aromatic heterocycles. The Morgan fingerprint density at radius 3 is 2.57 bits per heavy atom. The van der Waals surface area contributed by atoms with Crippen LogP contribution >= 0.6 is 0 Å². The van der Waals surface area contributed by atoms with Gasteiger partial charge in [0.25, 0.3) is 5.91 Å². The third-order valence-corrected chi connectivity index (χ3v) is 5.55. The average Bonchev–Trinajstić information content (AvgIpc) is 2.91. The van der Waals surface area contributed by atoms with E-state index in [9.17, 15) is 14.4 Å². The molecule has 0 unspecified atom stereocenters. The summed E-state index contributed by atoms with van der Waals surface area (Å²) in [6.07, 6.45) is 3.12. The van der Waals surface area contributed by atoms with Crippen LogP contribution in [-0.2, 0) is 14.3 Å². The average molecular weight is 426 g/mol. The fourth-order valence-electron chi connectivity index (χ4n) is 3.99. The van der Waals surface area contributed by atoms with E-state index in [2.05, 4.69) is 5.32 Å². The molecule has 0 bridgehead atoms. The molecule has 0 spiro atoms. The minimum absolute atomic E-state index is 0.278. The molecule has 2 rings (SSSR count). The fraction of sp³-hybridized carbons (Fsp3) is 0.857. The van der Waals surface area contributed by atoms with Gasteiger partial charge in [-0.1, -0.05) is 0 Å². The van der Waals surface area contributed by atoms with Crippen molar-refractivity contribution in [2.75, 3.05) is 40.3 Å². The van der Waals surface area contributed by atoms with Gasteiger partial charge in [-0.2, -0.15) is 0 Å². The predicted octanol–water partition coefficient (Wildman–Crippen LogP) is 1.12. The van der Waals surface area contributed by atoms with Gasteiger partial charge in [0, 0.05) is 26.2 Å². The lowest BCUT2D eigenvalue weighted by atomic mass is 9.97. The van der Waals surface area contributed by atoms with Crippen molar-refractivity contribution in [1.82, 2.24) is 20.0 Å². The molecular formula is C21H39N5O4. The molecular weight excluding hydrogens is 386 g/mol. The van der Waals surface area contributed by atoms with Gasteiger partial charge in [-0.05, 0) is 73.4 Å². The van der Waals surface area contributed by atoms with Gasteiger partial charge in [-0.3, -0.25) is 14.5 Å². The molecule has 30 heavy (non-hydrogen) atoms. The second-order valence-electron chi connectivity index (χ2n) is 9.63. The normalized spacial score (nSPS) is 26.1. The zero-order chi connectivity index (χ0) is 22.5. The van der Waals surface area contributed by atoms with E-state index in [1.807, 2.05) is 19.0 Å². The van der Waals surface area contributed by atoms with Gasteiger partial charge in [0.2, 0.25) is 5.91 Å². The summed E-state index contributed by atoms with van der Waals surface area (Å²) in [7, 11) is 3.89. The molecule has 2 atom stereocenters. The summed E-state index contributed by atoms with van der Waals surface area (Å²) in [6, 6.07) is -0.829. The Bertz CT molecular complexity index is 633. The summed E-state index contributed by atoms with van der Waals surface area (Å²) in [5, 5.41) is 2.86. The second-order valence-corrected chi connectivity index (χ2v) is 9.63. The van der Waals surface area contributed by atoms with Crippen molar-refractivity contribution in [3.8, 4) is 0 Å². The lowest BCUT2D eigenvalue weighted by Gasteiger charge is -2.44. The molecule has 2 saturated heterocycles. The second kappa shape index (κ2) is 9.96. The predicted molar refractivity (Wildman–Crippen MR) is 115 cm³/mol. The molecule has 0 saturated carbocycles. The molecule has 3 amide bonds. The Morgan fingerprint density at radius 2 is 1.93 bits per heavy atom. The number of likely N-dealkylation sites (tertiary alicyclic amines) is 1. The van der Waals surface area contributed by atoms with Crippen LogP contribution in [0.4, 0.5) is 4.79 Å². The topological polar surface area (TPSA) is 108 Å². The number of hydrogen-bond donors (Lipinski definition) is 2. The van der Waals surface area contributed by atoms with Gasteiger partial charge in [0.15, 0.2) is 5.66 Å². The Morgan fingerprint density at radius 1 is 1.23 bits per heavy atom. The summed E-state index contributed by atoms with van der Waals surface area (Å²) in [4.78, 5) is 44.8. The van der Waals surface area contributed by atoms with Crippen LogP contribution in [0.3, 0.4) is 0 Å². The van der Waals surface area contributed by atoms with Crippen molar-refractivity contribution < 1.29 is 19.1 Å². The van der Waals surface area contributed by atoms with E-state index in [0.29, 0.717) is 45.4 Å². The number of nitrogens with zero attached hydrogens (tertiary/aromatic N) is 3. The largest absolute Gasteiger partial charge is 0.444 e.